The normalized spacial score (nSPS) is 20.3. The first-order chi connectivity index (χ1) is 8.73. The molecule has 1 fully saturated rings. The summed E-state index contributed by atoms with van der Waals surface area (Å²) >= 11 is 0. The van der Waals surface area contributed by atoms with Gasteiger partial charge in [0.1, 0.15) is 0 Å². The minimum absolute atomic E-state index is 0.923. The molecule has 0 bridgehead atoms. The molecule has 4 heteroatoms. The summed E-state index contributed by atoms with van der Waals surface area (Å²) in [6, 6.07) is 9.98. The van der Waals surface area contributed by atoms with Gasteiger partial charge in [-0.25, -0.2) is 9.34 Å². The van der Waals surface area contributed by atoms with Crippen LogP contribution in [-0.2, 0) is 4.57 Å². The van der Waals surface area contributed by atoms with Crippen LogP contribution in [0.25, 0.3) is 0 Å². The summed E-state index contributed by atoms with van der Waals surface area (Å²) in [5.41, 5.74) is 0. The number of hydrogen-bond acceptors (Lipinski definition) is 1. The fourth-order valence-corrected chi connectivity index (χ4v) is 5.88. The van der Waals surface area contributed by atoms with Crippen LogP contribution in [0.4, 0.5) is 0 Å². The molecule has 1 aromatic rings. The van der Waals surface area contributed by atoms with Gasteiger partial charge in [-0.1, -0.05) is 32.0 Å². The summed E-state index contributed by atoms with van der Waals surface area (Å²) < 4.78 is 17.9. The molecule has 2 rings (SSSR count). The zero-order valence-electron chi connectivity index (χ0n) is 11.4. The molecule has 1 aliphatic heterocycles. The van der Waals surface area contributed by atoms with Gasteiger partial charge in [-0.2, -0.15) is 0 Å². The fourth-order valence-electron chi connectivity index (χ4n) is 2.64. The van der Waals surface area contributed by atoms with Gasteiger partial charge >= 0.3 is 0 Å². The summed E-state index contributed by atoms with van der Waals surface area (Å²) in [6.07, 6.45) is 2.10. The van der Waals surface area contributed by atoms with Gasteiger partial charge in [0.25, 0.3) is 0 Å². The van der Waals surface area contributed by atoms with Gasteiger partial charge in [0.2, 0.25) is 7.44 Å². The zero-order valence-corrected chi connectivity index (χ0v) is 12.3. The monoisotopic (exact) mass is 266 g/mol. The second-order valence-electron chi connectivity index (χ2n) is 4.79. The highest BCUT2D eigenvalue weighted by molar-refractivity contribution is 7.67. The van der Waals surface area contributed by atoms with E-state index in [0.29, 0.717) is 0 Å². The maximum atomic E-state index is 13.5. The molecule has 100 valence electrons. The lowest BCUT2D eigenvalue weighted by Gasteiger charge is -2.30. The highest BCUT2D eigenvalue weighted by Gasteiger charge is 2.42. The molecule has 1 saturated heterocycles. The van der Waals surface area contributed by atoms with Crippen LogP contribution in [-0.4, -0.2) is 35.5 Å². The van der Waals surface area contributed by atoms with E-state index in [9.17, 15) is 4.57 Å². The molecule has 0 unspecified atom stereocenters. The molecule has 0 radical (unpaired) electrons. The largest absolute Gasteiger partial charge is 0.284 e. The SMILES string of the molecule is CCCN1CCN(CCC)P1(=O)c1ccccc1. The summed E-state index contributed by atoms with van der Waals surface area (Å²) in [4.78, 5) is 0. The first-order valence-electron chi connectivity index (χ1n) is 6.90. The molecule has 0 spiro atoms. The van der Waals surface area contributed by atoms with Crippen LogP contribution >= 0.6 is 7.44 Å². The molecule has 1 aromatic carbocycles. The van der Waals surface area contributed by atoms with Crippen LogP contribution in [0.2, 0.25) is 0 Å². The average Bonchev–Trinajstić information content (AvgIpc) is 2.71. The molecule has 0 N–H and O–H groups in total. The topological polar surface area (TPSA) is 23.6 Å². The summed E-state index contributed by atoms with van der Waals surface area (Å²) in [6.45, 7) is 8.01. The Morgan fingerprint density at radius 1 is 1.00 bits per heavy atom. The second-order valence-corrected chi connectivity index (χ2v) is 7.52. The van der Waals surface area contributed by atoms with Crippen molar-refractivity contribution in [1.82, 2.24) is 9.34 Å². The van der Waals surface area contributed by atoms with Gasteiger partial charge < -0.3 is 0 Å². The Labute approximate surface area is 110 Å². The van der Waals surface area contributed by atoms with Crippen LogP contribution in [0.5, 0.6) is 0 Å². The summed E-state index contributed by atoms with van der Waals surface area (Å²) in [5.74, 6) is 0. The maximum Gasteiger partial charge on any atom is 0.245 e. The Balaban J connectivity index is 2.35. The molecule has 0 amide bonds. The molecule has 0 aromatic heterocycles. The number of nitrogens with zero attached hydrogens (tertiary/aromatic N) is 2. The van der Waals surface area contributed by atoms with E-state index >= 15 is 0 Å². The quantitative estimate of drug-likeness (QED) is 0.766. The third-order valence-electron chi connectivity index (χ3n) is 3.44. The minimum Gasteiger partial charge on any atom is -0.284 e. The lowest BCUT2D eigenvalue weighted by Crippen LogP contribution is -2.28. The molecule has 0 aliphatic carbocycles. The lowest BCUT2D eigenvalue weighted by atomic mass is 10.4. The Morgan fingerprint density at radius 3 is 1.94 bits per heavy atom. The van der Waals surface area contributed by atoms with Crippen LogP contribution in [0.15, 0.2) is 30.3 Å². The Bertz CT molecular complexity index is 403. The van der Waals surface area contributed by atoms with Gasteiger partial charge in [-0.05, 0) is 25.0 Å². The first kappa shape index (κ1) is 13.8. The van der Waals surface area contributed by atoms with Gasteiger partial charge in [-0.3, -0.25) is 4.57 Å². The average molecular weight is 266 g/mol. The zero-order chi connectivity index (χ0) is 13.0. The second kappa shape index (κ2) is 6.01. The Hall–Kier alpha value is -0.630. The molecular weight excluding hydrogens is 243 g/mol. The first-order valence-corrected chi connectivity index (χ1v) is 8.51. The number of rotatable bonds is 5. The van der Waals surface area contributed by atoms with E-state index in [1.807, 2.05) is 30.3 Å². The van der Waals surface area contributed by atoms with Crippen LogP contribution in [0.3, 0.4) is 0 Å². The van der Waals surface area contributed by atoms with Crippen molar-refractivity contribution >= 4 is 12.7 Å². The van der Waals surface area contributed by atoms with E-state index in [2.05, 4.69) is 23.2 Å². The lowest BCUT2D eigenvalue weighted by molar-refractivity contribution is 0.447. The standard InChI is InChI=1S/C14H23N2OP/c1-3-10-15-12-13-16(11-4-2)18(15,17)14-8-6-5-7-9-14/h5-9H,3-4,10-13H2,1-2H3. The van der Waals surface area contributed by atoms with Crippen molar-refractivity contribution in [3.63, 3.8) is 0 Å². The van der Waals surface area contributed by atoms with Crippen molar-refractivity contribution < 1.29 is 4.57 Å². The van der Waals surface area contributed by atoms with Crippen molar-refractivity contribution in [2.75, 3.05) is 26.2 Å². The molecule has 3 nitrogen and oxygen atoms in total. The van der Waals surface area contributed by atoms with Gasteiger partial charge in [0, 0.05) is 31.5 Å². The van der Waals surface area contributed by atoms with E-state index in [1.165, 1.54) is 0 Å². The predicted molar refractivity (Wildman–Crippen MR) is 77.4 cm³/mol. The highest BCUT2D eigenvalue weighted by Crippen LogP contribution is 2.55. The van der Waals surface area contributed by atoms with E-state index < -0.39 is 7.44 Å². The van der Waals surface area contributed by atoms with Crippen molar-refractivity contribution in [3.8, 4) is 0 Å². The van der Waals surface area contributed by atoms with Crippen LogP contribution in [0, 0.1) is 0 Å². The molecule has 1 aliphatic rings. The van der Waals surface area contributed by atoms with Crippen molar-refractivity contribution in [2.45, 2.75) is 26.7 Å². The molecule has 0 atom stereocenters. The minimum atomic E-state index is -2.51. The smallest absolute Gasteiger partial charge is 0.245 e. The molecule has 1 heterocycles. The van der Waals surface area contributed by atoms with Gasteiger partial charge in [0.15, 0.2) is 0 Å². The van der Waals surface area contributed by atoms with Crippen molar-refractivity contribution in [3.05, 3.63) is 30.3 Å². The summed E-state index contributed by atoms with van der Waals surface area (Å²) in [7, 11) is -2.51. The van der Waals surface area contributed by atoms with Crippen molar-refractivity contribution in [2.24, 2.45) is 0 Å². The van der Waals surface area contributed by atoms with Crippen LogP contribution < -0.4 is 5.30 Å². The predicted octanol–water partition coefficient (Wildman–Crippen LogP) is 2.94. The van der Waals surface area contributed by atoms with Crippen LogP contribution in [0.1, 0.15) is 26.7 Å². The summed E-state index contributed by atoms with van der Waals surface area (Å²) in [5, 5.41) is 0.990. The Morgan fingerprint density at radius 2 is 1.50 bits per heavy atom. The molecular formula is C14H23N2OP. The number of hydrogen-bond donors (Lipinski definition) is 0. The molecule has 18 heavy (non-hydrogen) atoms. The van der Waals surface area contributed by atoms with Gasteiger partial charge in [0.05, 0.1) is 0 Å². The van der Waals surface area contributed by atoms with E-state index in [1.54, 1.807) is 0 Å². The third-order valence-corrected chi connectivity index (χ3v) is 6.74. The van der Waals surface area contributed by atoms with E-state index in [0.717, 1.165) is 44.3 Å². The number of benzene rings is 1. The van der Waals surface area contributed by atoms with Gasteiger partial charge in [-0.15, -0.1) is 0 Å². The highest BCUT2D eigenvalue weighted by atomic mass is 31.2. The third kappa shape index (κ3) is 2.40. The fraction of sp³-hybridized carbons (Fsp3) is 0.571. The molecule has 0 saturated carbocycles. The Kier molecular flexibility index (Phi) is 4.60. The van der Waals surface area contributed by atoms with E-state index in [4.69, 9.17) is 0 Å². The van der Waals surface area contributed by atoms with E-state index in [-0.39, 0.29) is 0 Å². The maximum absolute atomic E-state index is 13.5. The van der Waals surface area contributed by atoms with Crippen molar-refractivity contribution in [1.29, 1.82) is 0 Å².